The lowest BCUT2D eigenvalue weighted by molar-refractivity contribution is -0.120. The highest BCUT2D eigenvalue weighted by atomic mass is 16.7. The number of ketones is 2. The molecule has 1 aliphatic rings. The van der Waals surface area contributed by atoms with E-state index in [1.165, 1.54) is 6.08 Å². The maximum atomic E-state index is 11.8. The monoisotopic (exact) mass is 266 g/mol. The van der Waals surface area contributed by atoms with Gasteiger partial charge in [-0.2, -0.15) is 0 Å². The van der Waals surface area contributed by atoms with Crippen molar-refractivity contribution in [2.75, 3.05) is 13.9 Å². The molecular weight excluding hydrogens is 244 g/mol. The van der Waals surface area contributed by atoms with Crippen molar-refractivity contribution < 1.29 is 19.1 Å². The highest BCUT2D eigenvalue weighted by Gasteiger charge is 2.13. The fraction of sp³-hybridized carbons (Fsp3) is 0.600. The highest BCUT2D eigenvalue weighted by Crippen LogP contribution is 2.11. The van der Waals surface area contributed by atoms with Crippen LogP contribution in [0.5, 0.6) is 0 Å². The third-order valence-electron chi connectivity index (χ3n) is 3.00. The van der Waals surface area contributed by atoms with Gasteiger partial charge in [0.15, 0.2) is 11.6 Å². The fourth-order valence-corrected chi connectivity index (χ4v) is 1.91. The zero-order valence-corrected chi connectivity index (χ0v) is 11.7. The molecule has 0 fully saturated rings. The summed E-state index contributed by atoms with van der Waals surface area (Å²) < 4.78 is 10.3. The first-order chi connectivity index (χ1) is 9.13. The molecule has 0 amide bonds. The molecule has 4 nitrogen and oxygen atoms in total. The van der Waals surface area contributed by atoms with Crippen molar-refractivity contribution in [3.05, 3.63) is 23.8 Å². The fourth-order valence-electron chi connectivity index (χ4n) is 1.91. The molecule has 0 aliphatic heterocycles. The van der Waals surface area contributed by atoms with Crippen LogP contribution in [0, 0.1) is 0 Å². The number of hydrogen-bond donors (Lipinski definition) is 0. The molecule has 0 heterocycles. The summed E-state index contributed by atoms with van der Waals surface area (Å²) in [6, 6.07) is 0. The Morgan fingerprint density at radius 1 is 1.32 bits per heavy atom. The zero-order chi connectivity index (χ0) is 14.1. The molecular formula is C15H22O4. The Bertz CT molecular complexity index is 368. The third kappa shape index (κ3) is 6.45. The van der Waals surface area contributed by atoms with Gasteiger partial charge in [0.25, 0.3) is 0 Å². The summed E-state index contributed by atoms with van der Waals surface area (Å²) in [4.78, 5) is 23.6. The van der Waals surface area contributed by atoms with Crippen molar-refractivity contribution in [2.24, 2.45) is 0 Å². The van der Waals surface area contributed by atoms with Gasteiger partial charge < -0.3 is 9.47 Å². The smallest absolute Gasteiger partial charge is 0.158 e. The van der Waals surface area contributed by atoms with Crippen molar-refractivity contribution in [3.8, 4) is 0 Å². The Hall–Kier alpha value is -1.26. The van der Waals surface area contributed by atoms with Crippen molar-refractivity contribution in [1.82, 2.24) is 0 Å². The van der Waals surface area contributed by atoms with Crippen molar-refractivity contribution in [3.63, 3.8) is 0 Å². The van der Waals surface area contributed by atoms with Gasteiger partial charge >= 0.3 is 0 Å². The molecule has 0 aromatic heterocycles. The molecule has 19 heavy (non-hydrogen) atoms. The second-order valence-electron chi connectivity index (χ2n) is 4.71. The molecule has 0 aromatic carbocycles. The SMILES string of the molecule is COCOC1/C=C/CCCCC(=O)/C(C)=C\C(=O)C1. The maximum absolute atomic E-state index is 11.8. The Labute approximate surface area is 114 Å². The third-order valence-corrected chi connectivity index (χ3v) is 3.00. The minimum atomic E-state index is -0.286. The number of allylic oxidation sites excluding steroid dienone is 3. The molecule has 0 bridgehead atoms. The second kappa shape index (κ2) is 8.77. The van der Waals surface area contributed by atoms with Crippen molar-refractivity contribution in [1.29, 1.82) is 0 Å². The second-order valence-corrected chi connectivity index (χ2v) is 4.71. The van der Waals surface area contributed by atoms with Crippen LogP contribution in [-0.2, 0) is 19.1 Å². The van der Waals surface area contributed by atoms with Crippen LogP contribution in [-0.4, -0.2) is 31.6 Å². The van der Waals surface area contributed by atoms with E-state index in [0.717, 1.165) is 19.3 Å². The van der Waals surface area contributed by atoms with Crippen LogP contribution in [0.25, 0.3) is 0 Å². The van der Waals surface area contributed by atoms with E-state index in [4.69, 9.17) is 9.47 Å². The number of carbonyl (C=O) groups excluding carboxylic acids is 2. The zero-order valence-electron chi connectivity index (χ0n) is 11.7. The summed E-state index contributed by atoms with van der Waals surface area (Å²) in [6.07, 6.45) is 8.55. The number of Topliss-reactive ketones (excluding diaryl/α,β-unsaturated/α-hetero) is 1. The van der Waals surface area contributed by atoms with Gasteiger partial charge in [-0.05, 0) is 37.8 Å². The molecule has 0 saturated carbocycles. The molecule has 4 heteroatoms. The predicted octanol–water partition coefficient (Wildman–Crippen LogP) is 2.58. The first kappa shape index (κ1) is 15.8. The molecule has 0 spiro atoms. The normalized spacial score (nSPS) is 27.1. The minimum absolute atomic E-state index is 0.0623. The van der Waals surface area contributed by atoms with Crippen LogP contribution in [0.15, 0.2) is 23.8 Å². The topological polar surface area (TPSA) is 52.6 Å². The molecule has 1 unspecified atom stereocenters. The highest BCUT2D eigenvalue weighted by molar-refractivity contribution is 6.02. The lowest BCUT2D eigenvalue weighted by Gasteiger charge is -2.12. The van der Waals surface area contributed by atoms with Gasteiger partial charge in [-0.1, -0.05) is 12.2 Å². The van der Waals surface area contributed by atoms with Crippen molar-refractivity contribution in [2.45, 2.75) is 45.1 Å². The van der Waals surface area contributed by atoms with E-state index in [-0.39, 0.29) is 30.9 Å². The molecule has 0 N–H and O–H groups in total. The van der Waals surface area contributed by atoms with Gasteiger partial charge in [-0.25, -0.2) is 0 Å². The predicted molar refractivity (Wildman–Crippen MR) is 72.7 cm³/mol. The summed E-state index contributed by atoms with van der Waals surface area (Å²) in [5, 5.41) is 0. The van der Waals surface area contributed by atoms with Gasteiger partial charge in [0, 0.05) is 20.0 Å². The van der Waals surface area contributed by atoms with Crippen molar-refractivity contribution >= 4 is 11.6 Å². The summed E-state index contributed by atoms with van der Waals surface area (Å²) >= 11 is 0. The van der Waals surface area contributed by atoms with Crippen LogP contribution in [0.1, 0.15) is 39.0 Å². The van der Waals surface area contributed by atoms with E-state index < -0.39 is 0 Å². The first-order valence-electron chi connectivity index (χ1n) is 6.65. The first-order valence-corrected chi connectivity index (χ1v) is 6.65. The Balaban J connectivity index is 2.72. The van der Waals surface area contributed by atoms with Gasteiger partial charge in [0.05, 0.1) is 6.10 Å². The number of rotatable bonds is 3. The van der Waals surface area contributed by atoms with Gasteiger partial charge in [-0.15, -0.1) is 0 Å². The van der Waals surface area contributed by atoms with Crippen LogP contribution in [0.2, 0.25) is 0 Å². The quantitative estimate of drug-likeness (QED) is 0.582. The van der Waals surface area contributed by atoms with E-state index >= 15 is 0 Å². The molecule has 0 aromatic rings. The molecule has 1 aliphatic carbocycles. The Morgan fingerprint density at radius 2 is 2.11 bits per heavy atom. The lowest BCUT2D eigenvalue weighted by Crippen LogP contribution is -2.17. The van der Waals surface area contributed by atoms with E-state index in [1.54, 1.807) is 14.0 Å². The molecule has 106 valence electrons. The Morgan fingerprint density at radius 3 is 2.84 bits per heavy atom. The number of ether oxygens (including phenoxy) is 2. The largest absolute Gasteiger partial charge is 0.359 e. The summed E-state index contributed by atoms with van der Waals surface area (Å²) in [7, 11) is 1.55. The lowest BCUT2D eigenvalue weighted by atomic mass is 10.0. The van der Waals surface area contributed by atoms with Gasteiger partial charge in [-0.3, -0.25) is 9.59 Å². The number of methoxy groups -OCH3 is 1. The van der Waals surface area contributed by atoms with Crippen LogP contribution < -0.4 is 0 Å². The average molecular weight is 266 g/mol. The molecule has 0 saturated heterocycles. The van der Waals surface area contributed by atoms with Gasteiger partial charge in [0.2, 0.25) is 0 Å². The standard InChI is InChI=1S/C15H22O4/c1-12-9-13(16)10-14(19-11-18-2)7-5-3-4-6-8-15(12)17/h5,7,9,14H,3-4,6,8,10-11H2,1-2H3/b7-5+,12-9-. The van der Waals surface area contributed by atoms with E-state index in [2.05, 4.69) is 0 Å². The molecule has 1 atom stereocenters. The van der Waals surface area contributed by atoms with Crippen LogP contribution in [0.3, 0.4) is 0 Å². The number of carbonyl (C=O) groups is 2. The van der Waals surface area contributed by atoms with E-state index in [9.17, 15) is 9.59 Å². The minimum Gasteiger partial charge on any atom is -0.359 e. The molecule has 1 rings (SSSR count). The summed E-state index contributed by atoms with van der Waals surface area (Å²) in [5.41, 5.74) is 0.542. The average Bonchev–Trinajstić information content (AvgIpc) is 2.37. The van der Waals surface area contributed by atoms with Crippen LogP contribution >= 0.6 is 0 Å². The van der Waals surface area contributed by atoms with Gasteiger partial charge in [0.1, 0.15) is 6.79 Å². The number of hydrogen-bond acceptors (Lipinski definition) is 4. The van der Waals surface area contributed by atoms with Crippen LogP contribution in [0.4, 0.5) is 0 Å². The molecule has 0 radical (unpaired) electrons. The van der Waals surface area contributed by atoms with E-state index in [0.29, 0.717) is 12.0 Å². The van der Waals surface area contributed by atoms with E-state index in [1.807, 2.05) is 12.2 Å². The Kier molecular flexibility index (Phi) is 7.30. The summed E-state index contributed by atoms with van der Waals surface area (Å²) in [5.74, 6) is -0.0237. The maximum Gasteiger partial charge on any atom is 0.158 e. The summed E-state index contributed by atoms with van der Waals surface area (Å²) in [6.45, 7) is 1.86.